The SMILES string of the molecule is CCOCCNc1nc(SC)nc2c1cnn2CCNC(=O)c1cc(C(F)(F)F)cc(C(F)(F)F)c1. The van der Waals surface area contributed by atoms with Crippen LogP contribution in [-0.4, -0.2) is 58.2 Å². The van der Waals surface area contributed by atoms with Crippen molar-refractivity contribution in [2.45, 2.75) is 31.0 Å². The second kappa shape index (κ2) is 11.3. The number of amides is 1. The van der Waals surface area contributed by atoms with Gasteiger partial charge in [-0.05, 0) is 31.4 Å². The number of hydrogen-bond acceptors (Lipinski definition) is 7. The van der Waals surface area contributed by atoms with Gasteiger partial charge in [0.1, 0.15) is 5.82 Å². The number of rotatable bonds is 10. The van der Waals surface area contributed by atoms with Gasteiger partial charge in [0.25, 0.3) is 5.91 Å². The lowest BCUT2D eigenvalue weighted by Crippen LogP contribution is -2.28. The molecule has 2 heterocycles. The molecule has 0 saturated heterocycles. The molecular formula is C21H22F6N6O2S. The van der Waals surface area contributed by atoms with Gasteiger partial charge < -0.3 is 15.4 Å². The van der Waals surface area contributed by atoms with E-state index in [1.807, 2.05) is 6.92 Å². The normalized spacial score (nSPS) is 12.2. The second-order valence-corrected chi connectivity index (χ2v) is 8.11. The van der Waals surface area contributed by atoms with Crippen LogP contribution in [0.1, 0.15) is 28.4 Å². The molecule has 0 fully saturated rings. The molecule has 2 N–H and O–H groups in total. The molecule has 3 aromatic rings. The number of carbonyl (C=O) groups excluding carboxylic acids is 1. The van der Waals surface area contributed by atoms with Gasteiger partial charge in [0, 0.05) is 25.3 Å². The van der Waals surface area contributed by atoms with Gasteiger partial charge >= 0.3 is 12.4 Å². The Morgan fingerprint density at radius 2 is 1.72 bits per heavy atom. The molecule has 1 amide bonds. The van der Waals surface area contributed by atoms with Gasteiger partial charge in [-0.3, -0.25) is 4.79 Å². The fourth-order valence-corrected chi connectivity index (χ4v) is 3.53. The lowest BCUT2D eigenvalue weighted by molar-refractivity contribution is -0.143. The van der Waals surface area contributed by atoms with Crippen LogP contribution in [0.15, 0.2) is 29.6 Å². The Kier molecular flexibility index (Phi) is 8.66. The molecule has 3 rings (SSSR count). The zero-order chi connectivity index (χ0) is 26.5. The third-order valence-corrected chi connectivity index (χ3v) is 5.41. The quantitative estimate of drug-likeness (QED) is 0.171. The largest absolute Gasteiger partial charge is 0.416 e. The average molecular weight is 537 g/mol. The summed E-state index contributed by atoms with van der Waals surface area (Å²) in [7, 11) is 0. The molecule has 8 nitrogen and oxygen atoms in total. The van der Waals surface area contributed by atoms with Gasteiger partial charge in [-0.1, -0.05) is 11.8 Å². The van der Waals surface area contributed by atoms with E-state index >= 15 is 0 Å². The topological polar surface area (TPSA) is 94.0 Å². The molecular weight excluding hydrogens is 514 g/mol. The molecule has 0 unspecified atom stereocenters. The molecule has 0 aliphatic rings. The molecule has 0 radical (unpaired) electrons. The molecule has 0 spiro atoms. The van der Waals surface area contributed by atoms with Crippen LogP contribution in [0.5, 0.6) is 0 Å². The number of aromatic nitrogens is 4. The van der Waals surface area contributed by atoms with Crippen molar-refractivity contribution in [2.24, 2.45) is 0 Å². The van der Waals surface area contributed by atoms with Crippen molar-refractivity contribution in [3.63, 3.8) is 0 Å². The standard InChI is InChI=1S/C21H22F6N6O2S/c1-3-35-7-5-28-16-15-11-30-33(17(15)32-19(31-16)36-2)6-4-29-18(34)12-8-13(20(22,23)24)10-14(9-12)21(25,26)27/h8-11H,3-7H2,1-2H3,(H,29,34)(H,28,31,32). The maximum Gasteiger partial charge on any atom is 0.416 e. The molecule has 0 aliphatic carbocycles. The highest BCUT2D eigenvalue weighted by molar-refractivity contribution is 7.98. The summed E-state index contributed by atoms with van der Waals surface area (Å²) in [6.07, 6.45) is -6.79. The third kappa shape index (κ3) is 6.78. The highest BCUT2D eigenvalue weighted by Gasteiger charge is 2.37. The van der Waals surface area contributed by atoms with Crippen molar-refractivity contribution in [3.05, 3.63) is 41.1 Å². The Morgan fingerprint density at radius 3 is 2.31 bits per heavy atom. The van der Waals surface area contributed by atoms with Gasteiger partial charge in [-0.2, -0.15) is 31.4 Å². The van der Waals surface area contributed by atoms with Crippen molar-refractivity contribution in [1.29, 1.82) is 0 Å². The van der Waals surface area contributed by atoms with E-state index in [1.165, 1.54) is 22.6 Å². The summed E-state index contributed by atoms with van der Waals surface area (Å²) < 4.78 is 85.1. The molecule has 196 valence electrons. The average Bonchev–Trinajstić information content (AvgIpc) is 3.23. The zero-order valence-electron chi connectivity index (χ0n) is 19.1. The molecule has 36 heavy (non-hydrogen) atoms. The summed E-state index contributed by atoms with van der Waals surface area (Å²) in [5.74, 6) is -0.552. The number of nitrogens with one attached hydrogen (secondary N) is 2. The van der Waals surface area contributed by atoms with Crippen LogP contribution in [0.3, 0.4) is 0 Å². The van der Waals surface area contributed by atoms with E-state index in [-0.39, 0.29) is 19.2 Å². The summed E-state index contributed by atoms with van der Waals surface area (Å²) in [6, 6.07) is 0.730. The molecule has 15 heteroatoms. The molecule has 0 bridgehead atoms. The summed E-state index contributed by atoms with van der Waals surface area (Å²) in [6.45, 7) is 3.33. The predicted molar refractivity (Wildman–Crippen MR) is 121 cm³/mol. The Balaban J connectivity index is 1.75. The van der Waals surface area contributed by atoms with Gasteiger partial charge in [-0.15, -0.1) is 0 Å². The smallest absolute Gasteiger partial charge is 0.380 e. The van der Waals surface area contributed by atoms with Crippen LogP contribution in [-0.2, 0) is 23.6 Å². The lowest BCUT2D eigenvalue weighted by Gasteiger charge is -2.14. The predicted octanol–water partition coefficient (Wildman–Crippen LogP) is 4.46. The van der Waals surface area contributed by atoms with Crippen LogP contribution >= 0.6 is 11.8 Å². The number of halogens is 6. The van der Waals surface area contributed by atoms with E-state index in [4.69, 9.17) is 4.74 Å². The Labute approximate surface area is 205 Å². The minimum Gasteiger partial charge on any atom is -0.380 e. The summed E-state index contributed by atoms with van der Waals surface area (Å²) in [5.41, 5.74) is -3.44. The number of anilines is 1. The van der Waals surface area contributed by atoms with Crippen molar-refractivity contribution < 1.29 is 35.9 Å². The Bertz CT molecular complexity index is 1180. The van der Waals surface area contributed by atoms with E-state index in [9.17, 15) is 31.1 Å². The highest BCUT2D eigenvalue weighted by Crippen LogP contribution is 2.36. The maximum absolute atomic E-state index is 13.1. The fourth-order valence-electron chi connectivity index (χ4n) is 3.17. The number of alkyl halides is 6. The molecule has 0 aliphatic heterocycles. The van der Waals surface area contributed by atoms with Crippen LogP contribution in [0, 0.1) is 0 Å². The van der Waals surface area contributed by atoms with Gasteiger partial charge in [-0.25, -0.2) is 14.6 Å². The number of fused-ring (bicyclic) bond motifs is 1. The first-order valence-corrected chi connectivity index (χ1v) is 11.8. The number of carbonyl (C=O) groups is 1. The van der Waals surface area contributed by atoms with Crippen molar-refractivity contribution in [2.75, 3.05) is 37.9 Å². The Hall–Kier alpha value is -3.07. The van der Waals surface area contributed by atoms with Crippen molar-refractivity contribution in [1.82, 2.24) is 25.1 Å². The number of benzene rings is 1. The molecule has 0 atom stereocenters. The summed E-state index contributed by atoms with van der Waals surface area (Å²) in [4.78, 5) is 21.2. The minimum atomic E-state index is -5.05. The van der Waals surface area contributed by atoms with E-state index in [0.717, 1.165) is 0 Å². The molecule has 2 aromatic heterocycles. The number of ether oxygens (including phenoxy) is 1. The fraction of sp³-hybridized carbons (Fsp3) is 0.429. The Morgan fingerprint density at radius 1 is 1.06 bits per heavy atom. The van der Waals surface area contributed by atoms with Gasteiger partial charge in [0.05, 0.1) is 35.9 Å². The first-order valence-electron chi connectivity index (χ1n) is 10.6. The monoisotopic (exact) mass is 536 g/mol. The molecule has 0 saturated carbocycles. The van der Waals surface area contributed by atoms with Crippen LogP contribution in [0.4, 0.5) is 32.2 Å². The van der Waals surface area contributed by atoms with E-state index in [1.54, 1.807) is 6.26 Å². The first-order chi connectivity index (χ1) is 16.9. The summed E-state index contributed by atoms with van der Waals surface area (Å²) >= 11 is 1.30. The molecule has 1 aromatic carbocycles. The van der Waals surface area contributed by atoms with Crippen LogP contribution in [0.25, 0.3) is 11.0 Å². The van der Waals surface area contributed by atoms with E-state index < -0.39 is 35.0 Å². The minimum absolute atomic E-state index is 0.0321. The second-order valence-electron chi connectivity index (χ2n) is 7.34. The van der Waals surface area contributed by atoms with Gasteiger partial charge in [0.2, 0.25) is 0 Å². The van der Waals surface area contributed by atoms with E-state index in [2.05, 4.69) is 25.7 Å². The van der Waals surface area contributed by atoms with Gasteiger partial charge in [0.15, 0.2) is 10.8 Å². The maximum atomic E-state index is 13.1. The highest BCUT2D eigenvalue weighted by atomic mass is 32.2. The third-order valence-electron chi connectivity index (χ3n) is 4.86. The number of nitrogens with zero attached hydrogens (tertiary/aromatic N) is 4. The van der Waals surface area contributed by atoms with Crippen LogP contribution < -0.4 is 10.6 Å². The van der Waals surface area contributed by atoms with Crippen molar-refractivity contribution in [3.8, 4) is 0 Å². The van der Waals surface area contributed by atoms with E-state index in [0.29, 0.717) is 53.9 Å². The first kappa shape index (κ1) is 27.5. The van der Waals surface area contributed by atoms with Crippen LogP contribution in [0.2, 0.25) is 0 Å². The zero-order valence-corrected chi connectivity index (χ0v) is 19.9. The van der Waals surface area contributed by atoms with Crippen molar-refractivity contribution >= 4 is 34.5 Å². The summed E-state index contributed by atoms with van der Waals surface area (Å²) in [5, 5.41) is 10.8. The number of thioether (sulfide) groups is 1. The number of hydrogen-bond donors (Lipinski definition) is 2. The lowest BCUT2D eigenvalue weighted by atomic mass is 10.0.